The van der Waals surface area contributed by atoms with Crippen LogP contribution in [-0.2, 0) is 5.41 Å². The van der Waals surface area contributed by atoms with Gasteiger partial charge in [0.2, 0.25) is 0 Å². The zero-order valence-electron chi connectivity index (χ0n) is 39.3. The number of nitrogens with zero attached hydrogens (tertiary/aromatic N) is 2. The second kappa shape index (κ2) is 17.5. The zero-order chi connectivity index (χ0) is 46.6. The lowest BCUT2D eigenvalue weighted by Gasteiger charge is -2.31. The minimum absolute atomic E-state index is 0.508. The van der Waals surface area contributed by atoms with Gasteiger partial charge < -0.3 is 0 Å². The molecule has 0 amide bonds. The van der Waals surface area contributed by atoms with E-state index >= 15 is 0 Å². The van der Waals surface area contributed by atoms with Crippen LogP contribution in [0.25, 0.3) is 107 Å². The third kappa shape index (κ3) is 6.96. The molecule has 0 bridgehead atoms. The van der Waals surface area contributed by atoms with Crippen molar-refractivity contribution in [3.05, 3.63) is 229 Å². The fraction of sp³-hybridized carbons (Fsp3) is 0.108. The number of hydrogen-bond acceptors (Lipinski definition) is 4. The fourth-order valence-electron chi connectivity index (χ4n) is 10.8. The van der Waals surface area contributed by atoms with Crippen molar-refractivity contribution in [1.29, 1.82) is 0 Å². The van der Waals surface area contributed by atoms with Gasteiger partial charge in [-0.1, -0.05) is 162 Å². The molecular weight excluding hydrogens is 873 g/mol. The van der Waals surface area contributed by atoms with Gasteiger partial charge in [-0.15, -0.1) is 22.7 Å². The van der Waals surface area contributed by atoms with Crippen LogP contribution in [0.3, 0.4) is 0 Å². The van der Waals surface area contributed by atoms with Crippen LogP contribution in [0.2, 0.25) is 0 Å². The van der Waals surface area contributed by atoms with Gasteiger partial charge in [0, 0.05) is 32.6 Å². The van der Waals surface area contributed by atoms with E-state index < -0.39 is 5.41 Å². The Hall–Kier alpha value is -7.50. The summed E-state index contributed by atoms with van der Waals surface area (Å²) in [6.07, 6.45) is 6.31. The molecule has 0 saturated heterocycles. The van der Waals surface area contributed by atoms with Crippen molar-refractivity contribution in [1.82, 2.24) is 9.97 Å². The highest BCUT2D eigenvalue weighted by molar-refractivity contribution is 7.26. The zero-order valence-corrected chi connectivity index (χ0v) is 40.9. The number of rotatable bonds is 4. The minimum atomic E-state index is -0.508. The van der Waals surface area contributed by atoms with Crippen molar-refractivity contribution >= 4 is 63.3 Å². The van der Waals surface area contributed by atoms with Crippen molar-refractivity contribution in [2.75, 3.05) is 0 Å². The first-order chi connectivity index (χ1) is 34.0. The highest BCUT2D eigenvalue weighted by Crippen LogP contribution is 2.64. The monoisotopic (exact) mass is 922 g/mol. The van der Waals surface area contributed by atoms with Crippen LogP contribution in [0.15, 0.2) is 207 Å². The molecule has 4 heterocycles. The summed E-state index contributed by atoms with van der Waals surface area (Å²) in [7, 11) is 0. The molecule has 4 heteroatoms. The SMILES string of the molecule is CCC.CCC.c1ccc(-c2ccc3c(c2)-c2cc(-c4ccc5sc6cccnc6c5c4)ccc2C32c3ccc(-c4ccccc4)cc3-c3cc(-c4ccc5sc6cccnc6c5c4)ccc32)cc1. The van der Waals surface area contributed by atoms with Crippen molar-refractivity contribution < 1.29 is 0 Å². The van der Waals surface area contributed by atoms with Gasteiger partial charge in [-0.2, -0.15) is 0 Å². The molecule has 0 atom stereocenters. The Labute approximate surface area is 412 Å². The molecule has 2 nitrogen and oxygen atoms in total. The van der Waals surface area contributed by atoms with Gasteiger partial charge in [-0.3, -0.25) is 9.97 Å². The normalized spacial score (nSPS) is 12.6. The third-order valence-electron chi connectivity index (χ3n) is 13.6. The summed E-state index contributed by atoms with van der Waals surface area (Å²) >= 11 is 3.62. The molecule has 332 valence electrons. The average Bonchev–Trinajstić information content (AvgIpc) is 4.13. The fourth-order valence-corrected chi connectivity index (χ4v) is 12.9. The number of thiophene rings is 2. The molecule has 8 aromatic carbocycles. The van der Waals surface area contributed by atoms with Crippen LogP contribution in [0.5, 0.6) is 0 Å². The summed E-state index contributed by atoms with van der Waals surface area (Å²) in [4.78, 5) is 9.61. The first-order valence-corrected chi connectivity index (χ1v) is 25.9. The molecule has 0 aliphatic heterocycles. The number of fused-ring (bicyclic) bond motifs is 16. The van der Waals surface area contributed by atoms with E-state index in [-0.39, 0.29) is 0 Å². The van der Waals surface area contributed by atoms with Crippen molar-refractivity contribution in [2.45, 2.75) is 46.0 Å². The number of benzene rings is 8. The van der Waals surface area contributed by atoms with E-state index in [0.29, 0.717) is 0 Å². The van der Waals surface area contributed by atoms with E-state index in [0.717, 1.165) is 11.0 Å². The van der Waals surface area contributed by atoms with Crippen LogP contribution in [0, 0.1) is 0 Å². The molecule has 69 heavy (non-hydrogen) atoms. The van der Waals surface area contributed by atoms with Gasteiger partial charge >= 0.3 is 0 Å². The molecule has 1 spiro atoms. The van der Waals surface area contributed by atoms with Crippen LogP contribution in [-0.4, -0.2) is 9.97 Å². The van der Waals surface area contributed by atoms with E-state index in [1.807, 2.05) is 47.2 Å². The second-order valence-electron chi connectivity index (χ2n) is 18.3. The van der Waals surface area contributed by atoms with E-state index in [1.165, 1.54) is 131 Å². The van der Waals surface area contributed by atoms with Crippen molar-refractivity contribution in [2.24, 2.45) is 0 Å². The van der Waals surface area contributed by atoms with Crippen LogP contribution < -0.4 is 0 Å². The predicted octanol–water partition coefficient (Wildman–Crippen LogP) is 19.1. The number of aromatic nitrogens is 2. The number of hydrogen-bond donors (Lipinski definition) is 0. The summed E-state index contributed by atoms with van der Waals surface area (Å²) < 4.78 is 4.97. The highest BCUT2D eigenvalue weighted by Gasteiger charge is 2.52. The summed E-state index contributed by atoms with van der Waals surface area (Å²) in [5.41, 5.74) is 21.8. The first-order valence-electron chi connectivity index (χ1n) is 24.3. The summed E-state index contributed by atoms with van der Waals surface area (Å²) in [5.74, 6) is 0. The molecule has 0 fully saturated rings. The van der Waals surface area contributed by atoms with Crippen molar-refractivity contribution in [3.8, 4) is 66.8 Å². The largest absolute Gasteiger partial charge is 0.255 e. The topological polar surface area (TPSA) is 25.8 Å². The Morgan fingerprint density at radius 3 is 1.00 bits per heavy atom. The maximum absolute atomic E-state index is 4.80. The van der Waals surface area contributed by atoms with Crippen molar-refractivity contribution in [3.63, 3.8) is 0 Å². The molecule has 0 unspecified atom stereocenters. The Morgan fingerprint density at radius 1 is 0.319 bits per heavy atom. The van der Waals surface area contributed by atoms with E-state index in [1.54, 1.807) is 0 Å². The molecule has 2 aliphatic rings. The van der Waals surface area contributed by atoms with Crippen LogP contribution in [0.4, 0.5) is 0 Å². The summed E-state index contributed by atoms with van der Waals surface area (Å²) in [6, 6.07) is 72.7. The van der Waals surface area contributed by atoms with E-state index in [4.69, 9.17) is 9.97 Å². The summed E-state index contributed by atoms with van der Waals surface area (Å²) in [5, 5.41) is 2.42. The Kier molecular flexibility index (Phi) is 10.9. The summed E-state index contributed by atoms with van der Waals surface area (Å²) in [6.45, 7) is 8.50. The molecular formula is C65H50N2S2. The van der Waals surface area contributed by atoms with Gasteiger partial charge in [0.15, 0.2) is 0 Å². The third-order valence-corrected chi connectivity index (χ3v) is 15.9. The maximum Gasteiger partial charge on any atom is 0.0888 e. The number of pyridine rings is 2. The smallest absolute Gasteiger partial charge is 0.0888 e. The van der Waals surface area contributed by atoms with Crippen LogP contribution in [0.1, 0.15) is 62.8 Å². The minimum Gasteiger partial charge on any atom is -0.255 e. The molecule has 14 rings (SSSR count). The molecule has 4 aromatic heterocycles. The van der Waals surface area contributed by atoms with E-state index in [9.17, 15) is 0 Å². The lowest BCUT2D eigenvalue weighted by molar-refractivity contribution is 0.794. The average molecular weight is 923 g/mol. The van der Waals surface area contributed by atoms with Gasteiger partial charge in [-0.05, 0) is 162 Å². The Bertz CT molecular complexity index is 3640. The molecule has 0 saturated carbocycles. The highest BCUT2D eigenvalue weighted by atomic mass is 32.1. The Balaban J connectivity index is 0.000000783. The Morgan fingerprint density at radius 2 is 0.638 bits per heavy atom. The first kappa shape index (κ1) is 42.8. The second-order valence-corrected chi connectivity index (χ2v) is 20.4. The molecule has 12 aromatic rings. The lowest BCUT2D eigenvalue weighted by atomic mass is 9.70. The van der Waals surface area contributed by atoms with Gasteiger partial charge in [0.25, 0.3) is 0 Å². The standard InChI is InChI=1S/C59H34N2S2.2C3H8/c1-3-9-35(10-4-1)37-15-21-49-43(29-37)45-31-39(41-19-25-53-47(33-41)57-55(62-53)13-7-27-60-57)17-23-51(45)59(49)50-22-16-38(36-11-5-2-6-12-36)30-44(50)46-32-40(18-24-52(46)59)42-20-26-54-48(34-42)58-56(63-54)14-8-28-61-58;2*1-3-2/h1-34H;2*3H2,1-2H3. The molecule has 2 aliphatic carbocycles. The molecule has 0 N–H and O–H groups in total. The maximum atomic E-state index is 4.80. The predicted molar refractivity (Wildman–Crippen MR) is 298 cm³/mol. The quantitative estimate of drug-likeness (QED) is 0.176. The molecule has 0 radical (unpaired) electrons. The van der Waals surface area contributed by atoms with Crippen LogP contribution >= 0.6 is 22.7 Å². The lowest BCUT2D eigenvalue weighted by Crippen LogP contribution is -2.25. The van der Waals surface area contributed by atoms with Gasteiger partial charge in [-0.25, -0.2) is 0 Å². The van der Waals surface area contributed by atoms with Gasteiger partial charge in [0.1, 0.15) is 0 Å². The van der Waals surface area contributed by atoms with Gasteiger partial charge in [0.05, 0.1) is 25.8 Å². The van der Waals surface area contributed by atoms with E-state index in [2.05, 4.69) is 210 Å².